The summed E-state index contributed by atoms with van der Waals surface area (Å²) in [7, 11) is 0. The zero-order valence-corrected chi connectivity index (χ0v) is 11.5. The minimum atomic E-state index is -0.544. The molecule has 1 amide bonds. The van der Waals surface area contributed by atoms with E-state index in [9.17, 15) is 4.79 Å². The number of benzene rings is 1. The molecule has 0 aliphatic carbocycles. The van der Waals surface area contributed by atoms with Crippen molar-refractivity contribution >= 4 is 11.6 Å². The highest BCUT2D eigenvalue weighted by Crippen LogP contribution is 2.32. The number of aryl methyl sites for hydroxylation is 1. The average molecular weight is 258 g/mol. The molecular formula is C15H18N2O2. The molecule has 0 N–H and O–H groups in total. The van der Waals surface area contributed by atoms with Crippen molar-refractivity contribution in [1.29, 1.82) is 5.26 Å². The Kier molecular flexibility index (Phi) is 3.87. The Bertz CT molecular complexity index is 531. The lowest BCUT2D eigenvalue weighted by atomic mass is 9.97. The van der Waals surface area contributed by atoms with Crippen molar-refractivity contribution in [2.75, 3.05) is 18.1 Å². The number of para-hydroxylation sites is 1. The molecule has 1 saturated heterocycles. The monoisotopic (exact) mass is 258 g/mol. The fraction of sp³-hybridized carbons (Fsp3) is 0.467. The highest BCUT2D eigenvalue weighted by molar-refractivity contribution is 5.96. The number of carbonyl (C=O) groups is 1. The molecule has 1 heterocycles. The summed E-state index contributed by atoms with van der Waals surface area (Å²) in [6.45, 7) is 6.48. The predicted molar refractivity (Wildman–Crippen MR) is 73.0 cm³/mol. The van der Waals surface area contributed by atoms with Crippen molar-refractivity contribution in [3.05, 3.63) is 29.3 Å². The molecule has 0 bridgehead atoms. The minimum absolute atomic E-state index is 0.0237. The molecule has 1 aromatic carbocycles. The van der Waals surface area contributed by atoms with Crippen LogP contribution in [0.2, 0.25) is 0 Å². The van der Waals surface area contributed by atoms with E-state index in [1.807, 2.05) is 25.1 Å². The number of carbonyl (C=O) groups excluding carboxylic acids is 1. The molecule has 4 nitrogen and oxygen atoms in total. The third kappa shape index (κ3) is 2.61. The number of morpholine rings is 1. The van der Waals surface area contributed by atoms with E-state index in [2.05, 4.69) is 19.9 Å². The van der Waals surface area contributed by atoms with Crippen LogP contribution < -0.4 is 4.90 Å². The smallest absolute Gasteiger partial charge is 0.253 e. The SMILES string of the molecule is Cc1cccc(C(C)C)c1N1CC(C#N)OCC1=O. The van der Waals surface area contributed by atoms with Crippen LogP contribution in [0.15, 0.2) is 18.2 Å². The second kappa shape index (κ2) is 5.41. The van der Waals surface area contributed by atoms with Gasteiger partial charge in [0.25, 0.3) is 5.91 Å². The second-order valence-corrected chi connectivity index (χ2v) is 5.10. The van der Waals surface area contributed by atoms with Gasteiger partial charge in [-0.15, -0.1) is 0 Å². The molecule has 0 radical (unpaired) electrons. The van der Waals surface area contributed by atoms with Crippen molar-refractivity contribution in [2.45, 2.75) is 32.8 Å². The van der Waals surface area contributed by atoms with E-state index in [0.717, 1.165) is 16.8 Å². The van der Waals surface area contributed by atoms with Crippen LogP contribution in [0.3, 0.4) is 0 Å². The Balaban J connectivity index is 2.45. The number of nitriles is 1. The van der Waals surface area contributed by atoms with Gasteiger partial charge in [-0.05, 0) is 24.0 Å². The third-order valence-corrected chi connectivity index (χ3v) is 3.36. The van der Waals surface area contributed by atoms with Crippen LogP contribution in [0, 0.1) is 18.3 Å². The topological polar surface area (TPSA) is 53.3 Å². The largest absolute Gasteiger partial charge is 0.352 e. The normalized spacial score (nSPS) is 19.6. The first-order valence-corrected chi connectivity index (χ1v) is 6.45. The number of hydrogen-bond donors (Lipinski definition) is 0. The molecule has 0 aromatic heterocycles. The van der Waals surface area contributed by atoms with Crippen molar-refractivity contribution < 1.29 is 9.53 Å². The molecular weight excluding hydrogens is 240 g/mol. The Labute approximate surface area is 113 Å². The van der Waals surface area contributed by atoms with E-state index < -0.39 is 6.10 Å². The van der Waals surface area contributed by atoms with Crippen molar-refractivity contribution in [3.8, 4) is 6.07 Å². The first kappa shape index (κ1) is 13.6. The van der Waals surface area contributed by atoms with Gasteiger partial charge >= 0.3 is 0 Å². The maximum atomic E-state index is 12.1. The van der Waals surface area contributed by atoms with Gasteiger partial charge in [-0.25, -0.2) is 0 Å². The zero-order valence-electron chi connectivity index (χ0n) is 11.5. The summed E-state index contributed by atoms with van der Waals surface area (Å²) in [6, 6.07) is 8.11. The first-order chi connectivity index (χ1) is 9.04. The van der Waals surface area contributed by atoms with Crippen molar-refractivity contribution in [2.24, 2.45) is 0 Å². The van der Waals surface area contributed by atoms with Gasteiger partial charge in [0, 0.05) is 0 Å². The standard InChI is InChI=1S/C15H18N2O2/c1-10(2)13-6-4-5-11(3)15(13)17-8-12(7-16)19-9-14(17)18/h4-6,10,12H,8-9H2,1-3H3. The summed E-state index contributed by atoms with van der Waals surface area (Å²) >= 11 is 0. The molecule has 4 heteroatoms. The zero-order chi connectivity index (χ0) is 14.0. The van der Waals surface area contributed by atoms with Crippen LogP contribution in [0.25, 0.3) is 0 Å². The lowest BCUT2D eigenvalue weighted by Crippen LogP contribution is -2.47. The molecule has 1 fully saturated rings. The minimum Gasteiger partial charge on any atom is -0.352 e. The summed E-state index contributed by atoms with van der Waals surface area (Å²) in [4.78, 5) is 13.8. The summed E-state index contributed by atoms with van der Waals surface area (Å²) in [5.74, 6) is 0.244. The van der Waals surface area contributed by atoms with Crippen molar-refractivity contribution in [1.82, 2.24) is 0 Å². The van der Waals surface area contributed by atoms with Crippen LogP contribution in [-0.2, 0) is 9.53 Å². The predicted octanol–water partition coefficient (Wildman–Crippen LogP) is 2.37. The molecule has 2 rings (SSSR count). The van der Waals surface area contributed by atoms with E-state index in [1.54, 1.807) is 4.90 Å². The van der Waals surface area contributed by atoms with Gasteiger partial charge in [0.2, 0.25) is 0 Å². The summed E-state index contributed by atoms with van der Waals surface area (Å²) in [6.07, 6.45) is -0.544. The summed E-state index contributed by atoms with van der Waals surface area (Å²) in [5, 5.41) is 8.98. The second-order valence-electron chi connectivity index (χ2n) is 5.10. The van der Waals surface area contributed by atoms with Crippen LogP contribution >= 0.6 is 0 Å². The molecule has 0 saturated carbocycles. The number of amides is 1. The lowest BCUT2D eigenvalue weighted by molar-refractivity contribution is -0.127. The number of rotatable bonds is 2. The number of hydrogen-bond acceptors (Lipinski definition) is 3. The van der Waals surface area contributed by atoms with Crippen LogP contribution in [0.1, 0.15) is 30.9 Å². The van der Waals surface area contributed by atoms with E-state index in [4.69, 9.17) is 10.00 Å². The first-order valence-electron chi connectivity index (χ1n) is 6.45. The lowest BCUT2D eigenvalue weighted by Gasteiger charge is -2.33. The molecule has 1 aliphatic heterocycles. The molecule has 1 aromatic rings. The number of anilines is 1. The molecule has 100 valence electrons. The highest BCUT2D eigenvalue weighted by Gasteiger charge is 2.29. The van der Waals surface area contributed by atoms with Gasteiger partial charge < -0.3 is 9.64 Å². The van der Waals surface area contributed by atoms with E-state index in [1.165, 1.54) is 0 Å². The van der Waals surface area contributed by atoms with E-state index in [0.29, 0.717) is 12.5 Å². The van der Waals surface area contributed by atoms with Crippen LogP contribution in [0.4, 0.5) is 5.69 Å². The molecule has 1 atom stereocenters. The fourth-order valence-electron chi connectivity index (χ4n) is 2.38. The van der Waals surface area contributed by atoms with E-state index in [-0.39, 0.29) is 12.5 Å². The highest BCUT2D eigenvalue weighted by atomic mass is 16.5. The van der Waals surface area contributed by atoms with E-state index >= 15 is 0 Å². The maximum Gasteiger partial charge on any atom is 0.253 e. The summed E-state index contributed by atoms with van der Waals surface area (Å²) in [5.41, 5.74) is 3.12. The van der Waals surface area contributed by atoms with Crippen LogP contribution in [0.5, 0.6) is 0 Å². The quantitative estimate of drug-likeness (QED) is 0.818. The van der Waals surface area contributed by atoms with Crippen LogP contribution in [-0.4, -0.2) is 25.2 Å². The van der Waals surface area contributed by atoms with Gasteiger partial charge in [-0.1, -0.05) is 32.0 Å². The van der Waals surface area contributed by atoms with Gasteiger partial charge in [0.1, 0.15) is 6.61 Å². The van der Waals surface area contributed by atoms with Gasteiger partial charge in [-0.3, -0.25) is 4.79 Å². The number of nitrogens with zero attached hydrogens (tertiary/aromatic N) is 2. The molecule has 1 aliphatic rings. The number of ether oxygens (including phenoxy) is 1. The fourth-order valence-corrected chi connectivity index (χ4v) is 2.38. The Morgan fingerprint density at radius 2 is 2.21 bits per heavy atom. The van der Waals surface area contributed by atoms with Gasteiger partial charge in [0.15, 0.2) is 6.10 Å². The van der Waals surface area contributed by atoms with Gasteiger partial charge in [-0.2, -0.15) is 5.26 Å². The Hall–Kier alpha value is -1.86. The molecule has 0 spiro atoms. The molecule has 19 heavy (non-hydrogen) atoms. The third-order valence-electron chi connectivity index (χ3n) is 3.36. The average Bonchev–Trinajstić information content (AvgIpc) is 2.39. The Morgan fingerprint density at radius 1 is 1.47 bits per heavy atom. The Morgan fingerprint density at radius 3 is 2.84 bits per heavy atom. The van der Waals surface area contributed by atoms with Crippen molar-refractivity contribution in [3.63, 3.8) is 0 Å². The summed E-state index contributed by atoms with van der Waals surface area (Å²) < 4.78 is 5.18. The molecule has 1 unspecified atom stereocenters. The maximum absolute atomic E-state index is 12.1. The van der Waals surface area contributed by atoms with Gasteiger partial charge in [0.05, 0.1) is 18.3 Å².